The van der Waals surface area contributed by atoms with Crippen LogP contribution in [0.2, 0.25) is 0 Å². The second kappa shape index (κ2) is 4.09. The number of hydrogen-bond donors (Lipinski definition) is 1. The molecule has 1 aliphatic carbocycles. The van der Waals surface area contributed by atoms with Crippen LogP contribution in [0.15, 0.2) is 12.2 Å². The number of allylic oxidation sites excluding steroid dienone is 1. The molecule has 1 saturated carbocycles. The minimum Gasteiger partial charge on any atom is -0.385 e. The fourth-order valence-corrected chi connectivity index (χ4v) is 6.98. The van der Waals surface area contributed by atoms with Gasteiger partial charge in [0, 0.05) is 5.92 Å². The molecule has 3 nitrogen and oxygen atoms in total. The lowest BCUT2D eigenvalue weighted by atomic mass is 9.80. The molecule has 1 heterocycles. The second-order valence-electron chi connectivity index (χ2n) is 5.66. The number of aliphatic hydroxyl groups is 1. The summed E-state index contributed by atoms with van der Waals surface area (Å²) in [6.07, 6.45) is 5.04. The molecule has 5 atom stereocenters. The van der Waals surface area contributed by atoms with Crippen molar-refractivity contribution < 1.29 is 13.5 Å². The van der Waals surface area contributed by atoms with Gasteiger partial charge in [0.25, 0.3) is 0 Å². The predicted octanol–water partition coefficient (Wildman–Crippen LogP) is 1.77. The molecule has 0 amide bonds. The number of fused-ring (bicyclic) bond motifs is 1. The van der Waals surface area contributed by atoms with E-state index in [-0.39, 0.29) is 28.8 Å². The van der Waals surface area contributed by atoms with E-state index in [1.165, 1.54) is 0 Å². The van der Waals surface area contributed by atoms with Crippen molar-refractivity contribution in [2.75, 3.05) is 5.75 Å². The first-order valence-corrected chi connectivity index (χ1v) is 8.15. The van der Waals surface area contributed by atoms with Gasteiger partial charge < -0.3 is 5.11 Å². The summed E-state index contributed by atoms with van der Waals surface area (Å²) in [5, 5.41) is 10.4. The lowest BCUT2D eigenvalue weighted by Crippen LogP contribution is -2.37. The van der Waals surface area contributed by atoms with Gasteiger partial charge >= 0.3 is 0 Å². The molecule has 2 fully saturated rings. The molecule has 1 saturated heterocycles. The normalized spacial score (nSPS) is 48.7. The molecule has 0 aromatic rings. The van der Waals surface area contributed by atoms with E-state index in [4.69, 9.17) is 0 Å². The summed E-state index contributed by atoms with van der Waals surface area (Å²) in [5.74, 6) is 0.311. The summed E-state index contributed by atoms with van der Waals surface area (Å²) < 4.78 is 24.4. The van der Waals surface area contributed by atoms with Gasteiger partial charge in [-0.25, -0.2) is 8.42 Å². The molecule has 17 heavy (non-hydrogen) atoms. The third kappa shape index (κ3) is 1.85. The maximum atomic E-state index is 12.2. The molecule has 4 heteroatoms. The highest BCUT2D eigenvalue weighted by atomic mass is 32.2. The minimum absolute atomic E-state index is 0.0581. The Balaban J connectivity index is 2.47. The van der Waals surface area contributed by atoms with Crippen LogP contribution in [-0.2, 0) is 9.84 Å². The molecule has 98 valence electrons. The standard InChI is InChI=1S/C13H22O3S/c1-4-6-13(14)7-9(3)12-11(13)10(5-2)8-17(12,15)16/h4,6,9-12,14H,5,7-8H2,1-3H3/b6-4+/t9-,10-,11+,12+,13-/m1/s1. The van der Waals surface area contributed by atoms with Gasteiger partial charge in [0.2, 0.25) is 0 Å². The van der Waals surface area contributed by atoms with Gasteiger partial charge in [-0.3, -0.25) is 0 Å². The van der Waals surface area contributed by atoms with Gasteiger partial charge in [-0.15, -0.1) is 0 Å². The van der Waals surface area contributed by atoms with Crippen LogP contribution in [0.25, 0.3) is 0 Å². The smallest absolute Gasteiger partial charge is 0.154 e. The molecule has 2 rings (SSSR count). The van der Waals surface area contributed by atoms with Crippen molar-refractivity contribution in [3.05, 3.63) is 12.2 Å². The van der Waals surface area contributed by atoms with Crippen molar-refractivity contribution in [1.82, 2.24) is 0 Å². The van der Waals surface area contributed by atoms with E-state index in [1.54, 1.807) is 6.08 Å². The van der Waals surface area contributed by atoms with Crippen molar-refractivity contribution >= 4 is 9.84 Å². The Hall–Kier alpha value is -0.350. The van der Waals surface area contributed by atoms with E-state index in [9.17, 15) is 13.5 Å². The monoisotopic (exact) mass is 258 g/mol. The summed E-state index contributed by atoms with van der Waals surface area (Å²) >= 11 is 0. The van der Waals surface area contributed by atoms with Crippen LogP contribution in [0, 0.1) is 17.8 Å². The van der Waals surface area contributed by atoms with E-state index >= 15 is 0 Å². The third-order valence-corrected chi connectivity index (χ3v) is 6.97. The fraction of sp³-hybridized carbons (Fsp3) is 0.846. The molecule has 0 unspecified atom stereocenters. The van der Waals surface area contributed by atoms with Crippen LogP contribution in [0.4, 0.5) is 0 Å². The highest BCUT2D eigenvalue weighted by Gasteiger charge is 2.61. The highest BCUT2D eigenvalue weighted by Crippen LogP contribution is 2.53. The first-order valence-electron chi connectivity index (χ1n) is 6.43. The van der Waals surface area contributed by atoms with Gasteiger partial charge in [0.05, 0.1) is 16.6 Å². The van der Waals surface area contributed by atoms with Crippen LogP contribution < -0.4 is 0 Å². The maximum absolute atomic E-state index is 12.2. The Morgan fingerprint density at radius 1 is 1.47 bits per heavy atom. The lowest BCUT2D eigenvalue weighted by molar-refractivity contribution is 0.0308. The zero-order chi connectivity index (χ0) is 12.8. The average molecular weight is 258 g/mol. The average Bonchev–Trinajstić information content (AvgIpc) is 2.63. The Labute approximate surface area is 104 Å². The van der Waals surface area contributed by atoms with Gasteiger partial charge in [0.1, 0.15) is 0 Å². The van der Waals surface area contributed by atoms with E-state index in [2.05, 4.69) is 0 Å². The zero-order valence-electron chi connectivity index (χ0n) is 10.8. The van der Waals surface area contributed by atoms with Crippen molar-refractivity contribution in [2.24, 2.45) is 17.8 Å². The minimum atomic E-state index is -3.02. The van der Waals surface area contributed by atoms with Gasteiger partial charge in [-0.2, -0.15) is 0 Å². The van der Waals surface area contributed by atoms with Crippen molar-refractivity contribution in [3.63, 3.8) is 0 Å². The summed E-state index contributed by atoms with van der Waals surface area (Å²) in [4.78, 5) is 0. The van der Waals surface area contributed by atoms with Gasteiger partial charge in [0.15, 0.2) is 9.84 Å². The molecule has 1 N–H and O–H groups in total. The van der Waals surface area contributed by atoms with Crippen molar-refractivity contribution in [1.29, 1.82) is 0 Å². The van der Waals surface area contributed by atoms with Gasteiger partial charge in [-0.05, 0) is 25.2 Å². The van der Waals surface area contributed by atoms with Crippen molar-refractivity contribution in [3.8, 4) is 0 Å². The summed E-state index contributed by atoms with van der Waals surface area (Å²) in [5.41, 5.74) is -0.914. The molecule has 2 aliphatic rings. The molecule has 0 aromatic heterocycles. The third-order valence-electron chi connectivity index (χ3n) is 4.49. The van der Waals surface area contributed by atoms with Crippen LogP contribution in [-0.4, -0.2) is 30.1 Å². The van der Waals surface area contributed by atoms with E-state index in [0.717, 1.165) is 6.42 Å². The lowest BCUT2D eigenvalue weighted by Gasteiger charge is -2.29. The number of rotatable bonds is 2. The van der Waals surface area contributed by atoms with E-state index < -0.39 is 15.4 Å². The molecule has 0 spiro atoms. The van der Waals surface area contributed by atoms with E-state index in [1.807, 2.05) is 26.8 Å². The Kier molecular flexibility index (Phi) is 3.15. The van der Waals surface area contributed by atoms with Crippen LogP contribution >= 0.6 is 0 Å². The summed E-state index contributed by atoms with van der Waals surface area (Å²) in [6, 6.07) is 0. The quantitative estimate of drug-likeness (QED) is 0.768. The van der Waals surface area contributed by atoms with Crippen LogP contribution in [0.1, 0.15) is 33.6 Å². The Morgan fingerprint density at radius 2 is 2.12 bits per heavy atom. The largest absolute Gasteiger partial charge is 0.385 e. The fourth-order valence-electron chi connectivity index (χ4n) is 4.01. The summed E-state index contributed by atoms with van der Waals surface area (Å²) in [6.45, 7) is 5.84. The molecule has 0 aromatic carbocycles. The predicted molar refractivity (Wildman–Crippen MR) is 68.4 cm³/mol. The van der Waals surface area contributed by atoms with E-state index in [0.29, 0.717) is 6.42 Å². The zero-order valence-corrected chi connectivity index (χ0v) is 11.6. The molecular weight excluding hydrogens is 236 g/mol. The first kappa shape index (κ1) is 13.1. The topological polar surface area (TPSA) is 54.4 Å². The van der Waals surface area contributed by atoms with Crippen molar-refractivity contribution in [2.45, 2.75) is 44.5 Å². The van der Waals surface area contributed by atoms with Crippen LogP contribution in [0.5, 0.6) is 0 Å². The first-order chi connectivity index (χ1) is 7.85. The summed E-state index contributed by atoms with van der Waals surface area (Å²) in [7, 11) is -3.02. The maximum Gasteiger partial charge on any atom is 0.154 e. The molecule has 0 radical (unpaired) electrons. The second-order valence-corrected chi connectivity index (χ2v) is 7.86. The van der Waals surface area contributed by atoms with Gasteiger partial charge in [-0.1, -0.05) is 32.4 Å². The number of sulfone groups is 1. The Morgan fingerprint density at radius 3 is 2.65 bits per heavy atom. The highest BCUT2D eigenvalue weighted by molar-refractivity contribution is 7.92. The SMILES string of the molecule is C/C=C/[C@@]1(O)C[C@@H](C)[C@H]2[C@@H]1[C@H](CC)CS2(=O)=O. The molecule has 0 bridgehead atoms. The molecule has 1 aliphatic heterocycles. The number of hydrogen-bond acceptors (Lipinski definition) is 3. The van der Waals surface area contributed by atoms with Crippen LogP contribution in [0.3, 0.4) is 0 Å². The molecular formula is C13H22O3S. The Bertz CT molecular complexity index is 426.